The standard InChI is InChI=1S/C18H36O2.C6H14O/c1-2-3-4-5-6-7-8-9-10-11-12-13-14-15-16-17-18(19)20;1-2-3-4-5-6-7/h2-17H2,1H3,(H,19,20);7H,2-6H2,1H3. The highest BCUT2D eigenvalue weighted by molar-refractivity contribution is 5.66. The van der Waals surface area contributed by atoms with Gasteiger partial charge in [-0.1, -0.05) is 123 Å². The molecule has 0 radical (unpaired) electrons. The summed E-state index contributed by atoms with van der Waals surface area (Å²) in [4.78, 5) is 10.3. The summed E-state index contributed by atoms with van der Waals surface area (Å²) in [6.07, 6.45) is 24.9. The molecule has 0 rings (SSSR count). The Balaban J connectivity index is 0. The Morgan fingerprint density at radius 1 is 0.519 bits per heavy atom. The molecule has 0 aromatic carbocycles. The predicted molar refractivity (Wildman–Crippen MR) is 118 cm³/mol. The second-order valence-electron chi connectivity index (χ2n) is 7.88. The molecule has 164 valence electrons. The minimum Gasteiger partial charge on any atom is -0.481 e. The molecule has 0 saturated heterocycles. The van der Waals surface area contributed by atoms with Crippen LogP contribution in [0.2, 0.25) is 0 Å². The van der Waals surface area contributed by atoms with Crippen LogP contribution in [-0.4, -0.2) is 22.8 Å². The molecule has 3 heteroatoms. The van der Waals surface area contributed by atoms with Gasteiger partial charge in [-0.05, 0) is 12.8 Å². The molecule has 0 aromatic rings. The summed E-state index contributed by atoms with van der Waals surface area (Å²) in [6, 6.07) is 0. The molecule has 0 unspecified atom stereocenters. The molecule has 0 heterocycles. The molecule has 0 spiro atoms. The maximum atomic E-state index is 10.3. The average Bonchev–Trinajstić information content (AvgIpc) is 2.65. The highest BCUT2D eigenvalue weighted by Crippen LogP contribution is 2.13. The van der Waals surface area contributed by atoms with Crippen molar-refractivity contribution in [3.05, 3.63) is 0 Å². The van der Waals surface area contributed by atoms with Gasteiger partial charge in [0.1, 0.15) is 0 Å². The minimum absolute atomic E-state index is 0.345. The van der Waals surface area contributed by atoms with Gasteiger partial charge in [0, 0.05) is 13.0 Å². The van der Waals surface area contributed by atoms with Crippen LogP contribution in [0.5, 0.6) is 0 Å². The Morgan fingerprint density at radius 3 is 1.11 bits per heavy atom. The number of carboxylic acid groups (broad SMARTS) is 1. The number of carboxylic acids is 1. The van der Waals surface area contributed by atoms with Crippen LogP contribution < -0.4 is 0 Å². The van der Waals surface area contributed by atoms with Crippen LogP contribution in [0.15, 0.2) is 0 Å². The lowest BCUT2D eigenvalue weighted by molar-refractivity contribution is -0.137. The zero-order valence-electron chi connectivity index (χ0n) is 18.7. The molecule has 2 N–H and O–H groups in total. The highest BCUT2D eigenvalue weighted by atomic mass is 16.4. The Bertz CT molecular complexity index is 262. The zero-order chi connectivity index (χ0) is 20.4. The predicted octanol–water partition coefficient (Wildman–Crippen LogP) is 7.89. The van der Waals surface area contributed by atoms with E-state index in [4.69, 9.17) is 10.2 Å². The van der Waals surface area contributed by atoms with Gasteiger partial charge in [0.2, 0.25) is 0 Å². The number of aliphatic hydroxyl groups excluding tert-OH is 1. The lowest BCUT2D eigenvalue weighted by atomic mass is 10.0. The molecular formula is C24H50O3. The van der Waals surface area contributed by atoms with E-state index in [2.05, 4.69) is 13.8 Å². The first kappa shape index (κ1) is 28.6. The second kappa shape index (κ2) is 27.6. The zero-order valence-corrected chi connectivity index (χ0v) is 18.7. The lowest BCUT2D eigenvalue weighted by Crippen LogP contribution is -1.93. The monoisotopic (exact) mass is 386 g/mol. The Hall–Kier alpha value is -0.570. The Kier molecular flexibility index (Phi) is 29.3. The van der Waals surface area contributed by atoms with Crippen LogP contribution in [0.4, 0.5) is 0 Å². The third kappa shape index (κ3) is 33.4. The lowest BCUT2D eigenvalue weighted by Gasteiger charge is -2.03. The summed E-state index contributed by atoms with van der Waals surface area (Å²) in [7, 11) is 0. The van der Waals surface area contributed by atoms with E-state index in [0.29, 0.717) is 13.0 Å². The maximum Gasteiger partial charge on any atom is 0.303 e. The van der Waals surface area contributed by atoms with Crippen molar-refractivity contribution in [1.29, 1.82) is 0 Å². The summed E-state index contributed by atoms with van der Waals surface area (Å²) >= 11 is 0. The normalized spacial score (nSPS) is 10.5. The number of unbranched alkanes of at least 4 members (excludes halogenated alkanes) is 17. The van der Waals surface area contributed by atoms with Gasteiger partial charge in [0.05, 0.1) is 0 Å². The van der Waals surface area contributed by atoms with Crippen LogP contribution in [0.1, 0.15) is 142 Å². The molecule has 0 aromatic heterocycles. The fraction of sp³-hybridized carbons (Fsp3) is 0.958. The van der Waals surface area contributed by atoms with Crippen LogP contribution in [-0.2, 0) is 4.79 Å². The minimum atomic E-state index is -0.653. The van der Waals surface area contributed by atoms with Gasteiger partial charge in [-0.25, -0.2) is 0 Å². The van der Waals surface area contributed by atoms with Crippen LogP contribution >= 0.6 is 0 Å². The summed E-state index contributed by atoms with van der Waals surface area (Å²) < 4.78 is 0. The van der Waals surface area contributed by atoms with Crippen molar-refractivity contribution in [3.63, 3.8) is 0 Å². The number of hydrogen-bond acceptors (Lipinski definition) is 2. The van der Waals surface area contributed by atoms with Gasteiger partial charge in [0.25, 0.3) is 0 Å². The first-order chi connectivity index (χ1) is 13.2. The molecule has 0 saturated carbocycles. The van der Waals surface area contributed by atoms with Gasteiger partial charge in [0.15, 0.2) is 0 Å². The van der Waals surface area contributed by atoms with Gasteiger partial charge in [-0.2, -0.15) is 0 Å². The quantitative estimate of drug-likeness (QED) is 0.209. The van der Waals surface area contributed by atoms with Gasteiger partial charge in [-0.15, -0.1) is 0 Å². The molecule has 3 nitrogen and oxygen atoms in total. The van der Waals surface area contributed by atoms with E-state index in [-0.39, 0.29) is 0 Å². The van der Waals surface area contributed by atoms with Crippen LogP contribution in [0.3, 0.4) is 0 Å². The van der Waals surface area contributed by atoms with E-state index in [9.17, 15) is 4.79 Å². The molecule has 0 aliphatic rings. The first-order valence-electron chi connectivity index (χ1n) is 12.0. The van der Waals surface area contributed by atoms with Crippen molar-refractivity contribution in [2.45, 2.75) is 142 Å². The van der Waals surface area contributed by atoms with Gasteiger partial charge < -0.3 is 10.2 Å². The number of aliphatic carboxylic acids is 1. The second-order valence-corrected chi connectivity index (χ2v) is 7.88. The van der Waals surface area contributed by atoms with E-state index in [0.717, 1.165) is 19.3 Å². The Morgan fingerprint density at radius 2 is 0.815 bits per heavy atom. The number of aliphatic hydroxyl groups is 1. The van der Waals surface area contributed by atoms with Crippen LogP contribution in [0, 0.1) is 0 Å². The average molecular weight is 387 g/mol. The third-order valence-corrected chi connectivity index (χ3v) is 5.01. The Labute approximate surface area is 170 Å². The molecule has 27 heavy (non-hydrogen) atoms. The smallest absolute Gasteiger partial charge is 0.303 e. The third-order valence-electron chi connectivity index (χ3n) is 5.01. The van der Waals surface area contributed by atoms with Crippen LogP contribution in [0.25, 0.3) is 0 Å². The largest absolute Gasteiger partial charge is 0.481 e. The SMILES string of the molecule is CCCCCCCCCCCCCCCCCC(=O)O.CCCCCCO. The van der Waals surface area contributed by atoms with Crippen molar-refractivity contribution < 1.29 is 15.0 Å². The van der Waals surface area contributed by atoms with Crippen molar-refractivity contribution in [1.82, 2.24) is 0 Å². The molecule has 0 aliphatic heterocycles. The first-order valence-corrected chi connectivity index (χ1v) is 12.0. The summed E-state index contributed by atoms with van der Waals surface area (Å²) in [5.41, 5.74) is 0. The number of carbonyl (C=O) groups is 1. The van der Waals surface area contributed by atoms with E-state index >= 15 is 0 Å². The van der Waals surface area contributed by atoms with Gasteiger partial charge >= 0.3 is 5.97 Å². The van der Waals surface area contributed by atoms with Crippen molar-refractivity contribution in [2.24, 2.45) is 0 Å². The van der Waals surface area contributed by atoms with E-state index in [1.807, 2.05) is 0 Å². The molecule has 0 aliphatic carbocycles. The summed E-state index contributed by atoms with van der Waals surface area (Å²) in [5, 5.41) is 16.8. The molecule has 0 fully saturated rings. The number of rotatable bonds is 20. The molecule has 0 atom stereocenters. The van der Waals surface area contributed by atoms with E-state index in [1.54, 1.807) is 0 Å². The molecule has 0 amide bonds. The van der Waals surface area contributed by atoms with E-state index < -0.39 is 5.97 Å². The number of hydrogen-bond donors (Lipinski definition) is 2. The maximum absolute atomic E-state index is 10.3. The van der Waals surface area contributed by atoms with E-state index in [1.165, 1.54) is 103 Å². The topological polar surface area (TPSA) is 57.5 Å². The van der Waals surface area contributed by atoms with Crippen molar-refractivity contribution >= 4 is 5.97 Å². The molecular weight excluding hydrogens is 336 g/mol. The fourth-order valence-electron chi connectivity index (χ4n) is 3.19. The van der Waals surface area contributed by atoms with Gasteiger partial charge in [-0.3, -0.25) is 4.79 Å². The van der Waals surface area contributed by atoms with Crippen molar-refractivity contribution in [2.75, 3.05) is 6.61 Å². The van der Waals surface area contributed by atoms with Crippen molar-refractivity contribution in [3.8, 4) is 0 Å². The summed E-state index contributed by atoms with van der Waals surface area (Å²) in [5.74, 6) is -0.653. The highest BCUT2D eigenvalue weighted by Gasteiger charge is 1.97. The summed E-state index contributed by atoms with van der Waals surface area (Å²) in [6.45, 7) is 4.80. The molecule has 0 bridgehead atoms. The fourth-order valence-corrected chi connectivity index (χ4v) is 3.19.